The molecular formula is C25H28F3NO2. The number of hydrogen-bond acceptors (Lipinski definition) is 3. The van der Waals surface area contributed by atoms with Crippen LogP contribution in [-0.4, -0.2) is 12.1 Å². The Hall–Kier alpha value is -2.55. The van der Waals surface area contributed by atoms with Gasteiger partial charge in [-0.3, -0.25) is 4.79 Å². The minimum Gasteiger partial charge on any atom is -0.462 e. The van der Waals surface area contributed by atoms with E-state index in [0.717, 1.165) is 56.2 Å². The number of benzene rings is 1. The second-order valence-electron chi connectivity index (χ2n) is 8.52. The van der Waals surface area contributed by atoms with Gasteiger partial charge >= 0.3 is 12.1 Å². The van der Waals surface area contributed by atoms with Crippen molar-refractivity contribution in [2.75, 3.05) is 0 Å². The van der Waals surface area contributed by atoms with Gasteiger partial charge < -0.3 is 4.74 Å². The number of halogens is 3. The van der Waals surface area contributed by atoms with E-state index in [1.807, 2.05) is 12.1 Å². The van der Waals surface area contributed by atoms with Gasteiger partial charge in [0.05, 0.1) is 17.6 Å². The number of esters is 1. The number of nitrogens with zero attached hydrogens (tertiary/aromatic N) is 1. The molecule has 1 aromatic carbocycles. The van der Waals surface area contributed by atoms with Gasteiger partial charge in [-0.2, -0.15) is 18.4 Å². The summed E-state index contributed by atoms with van der Waals surface area (Å²) in [6.45, 7) is 0. The number of carbonyl (C=O) groups excluding carboxylic acids is 1. The Balaban J connectivity index is 1.41. The first kappa shape index (κ1) is 23.1. The SMILES string of the molecule is N#CC=C/C=C/C1CCC(OC(=O)C2CCC(c3ccc(C(F)(F)F)cc3)CC2)CC1. The zero-order valence-electron chi connectivity index (χ0n) is 17.5. The van der Waals surface area contributed by atoms with Crippen LogP contribution in [0.3, 0.4) is 0 Å². The highest BCUT2D eigenvalue weighted by Crippen LogP contribution is 2.38. The van der Waals surface area contributed by atoms with E-state index in [1.54, 1.807) is 18.2 Å². The summed E-state index contributed by atoms with van der Waals surface area (Å²) in [7, 11) is 0. The van der Waals surface area contributed by atoms with Gasteiger partial charge in [-0.05, 0) is 80.9 Å². The lowest BCUT2D eigenvalue weighted by molar-refractivity contribution is -0.157. The topological polar surface area (TPSA) is 50.1 Å². The summed E-state index contributed by atoms with van der Waals surface area (Å²) < 4.78 is 44.0. The minimum absolute atomic E-state index is 0.0283. The van der Waals surface area contributed by atoms with Crippen LogP contribution in [0.25, 0.3) is 0 Å². The lowest BCUT2D eigenvalue weighted by Gasteiger charge is -2.31. The number of allylic oxidation sites excluding steroid dienone is 4. The molecule has 2 saturated carbocycles. The van der Waals surface area contributed by atoms with E-state index in [2.05, 4.69) is 6.08 Å². The zero-order chi connectivity index (χ0) is 22.3. The molecular weight excluding hydrogens is 403 g/mol. The Morgan fingerprint density at radius 1 is 0.968 bits per heavy atom. The standard InChI is InChI=1S/C25H28F3NO2/c26-25(27,28)22-13-11-20(12-14-22)19-7-9-21(10-8-19)24(30)31-23-15-5-18(6-16-23)4-2-1-3-17-29/h1-4,11-14,18-19,21,23H,5-10,15-16H2/b3-1?,4-2+. The number of alkyl halides is 3. The van der Waals surface area contributed by atoms with Crippen molar-refractivity contribution >= 4 is 5.97 Å². The molecule has 0 N–H and O–H groups in total. The van der Waals surface area contributed by atoms with Crippen LogP contribution in [0.1, 0.15) is 68.4 Å². The molecule has 2 aliphatic rings. The minimum atomic E-state index is -4.32. The smallest absolute Gasteiger partial charge is 0.416 e. The van der Waals surface area contributed by atoms with Gasteiger partial charge in [0.15, 0.2) is 0 Å². The second-order valence-corrected chi connectivity index (χ2v) is 8.52. The van der Waals surface area contributed by atoms with Crippen molar-refractivity contribution in [2.24, 2.45) is 11.8 Å². The number of hydrogen-bond donors (Lipinski definition) is 0. The monoisotopic (exact) mass is 431 g/mol. The molecule has 1 aromatic rings. The molecule has 3 rings (SSSR count). The molecule has 0 spiro atoms. The lowest BCUT2D eigenvalue weighted by Crippen LogP contribution is -2.29. The van der Waals surface area contributed by atoms with E-state index >= 15 is 0 Å². The summed E-state index contributed by atoms with van der Waals surface area (Å²) in [4.78, 5) is 12.6. The van der Waals surface area contributed by atoms with Gasteiger partial charge in [0.25, 0.3) is 0 Å². The predicted molar refractivity (Wildman–Crippen MR) is 112 cm³/mol. The molecule has 0 amide bonds. The molecule has 2 aliphatic carbocycles. The third-order valence-electron chi connectivity index (χ3n) is 6.44. The number of nitriles is 1. The van der Waals surface area contributed by atoms with Crippen molar-refractivity contribution in [3.8, 4) is 6.07 Å². The molecule has 2 fully saturated rings. The second kappa shape index (κ2) is 10.7. The summed E-state index contributed by atoms with van der Waals surface area (Å²) in [6, 6.07) is 7.36. The molecule has 3 nitrogen and oxygen atoms in total. The van der Waals surface area contributed by atoms with Crippen LogP contribution in [0.15, 0.2) is 48.6 Å². The van der Waals surface area contributed by atoms with Crippen molar-refractivity contribution < 1.29 is 22.7 Å². The predicted octanol–water partition coefficient (Wildman–Crippen LogP) is 6.72. The van der Waals surface area contributed by atoms with Crippen molar-refractivity contribution in [3.63, 3.8) is 0 Å². The highest BCUT2D eigenvalue weighted by Gasteiger charge is 2.32. The third-order valence-corrected chi connectivity index (χ3v) is 6.44. The Labute approximate surface area is 181 Å². The van der Waals surface area contributed by atoms with Crippen molar-refractivity contribution in [2.45, 2.75) is 69.6 Å². The summed E-state index contributed by atoms with van der Waals surface area (Å²) in [5.74, 6) is 0.419. The van der Waals surface area contributed by atoms with Crippen LogP contribution < -0.4 is 0 Å². The summed E-state index contributed by atoms with van der Waals surface area (Å²) in [6.07, 6.45) is 9.48. The maximum Gasteiger partial charge on any atom is 0.416 e. The van der Waals surface area contributed by atoms with E-state index in [4.69, 9.17) is 10.00 Å². The van der Waals surface area contributed by atoms with Crippen molar-refractivity contribution in [1.29, 1.82) is 5.26 Å². The molecule has 0 heterocycles. The Kier molecular flexibility index (Phi) is 7.95. The molecule has 0 aromatic heterocycles. The molecule has 0 atom stereocenters. The molecule has 0 radical (unpaired) electrons. The van der Waals surface area contributed by atoms with Gasteiger partial charge in [-0.25, -0.2) is 0 Å². The summed E-state index contributed by atoms with van der Waals surface area (Å²) in [5, 5.41) is 8.48. The van der Waals surface area contributed by atoms with Crippen LogP contribution in [-0.2, 0) is 15.7 Å². The van der Waals surface area contributed by atoms with Crippen molar-refractivity contribution in [3.05, 3.63) is 59.7 Å². The highest BCUT2D eigenvalue weighted by molar-refractivity contribution is 5.72. The largest absolute Gasteiger partial charge is 0.462 e. The molecule has 0 aliphatic heterocycles. The number of carbonyl (C=O) groups is 1. The van der Waals surface area contributed by atoms with Crippen LogP contribution in [0.2, 0.25) is 0 Å². The number of ether oxygens (including phenoxy) is 1. The first-order chi connectivity index (χ1) is 14.9. The third kappa shape index (κ3) is 6.72. The molecule has 0 saturated heterocycles. The fourth-order valence-electron chi connectivity index (χ4n) is 4.59. The van der Waals surface area contributed by atoms with Gasteiger partial charge in [0, 0.05) is 6.08 Å². The Bertz CT molecular complexity index is 820. The molecule has 166 valence electrons. The molecule has 0 unspecified atom stereocenters. The summed E-state index contributed by atoms with van der Waals surface area (Å²) >= 11 is 0. The van der Waals surface area contributed by atoms with Crippen LogP contribution >= 0.6 is 0 Å². The van der Waals surface area contributed by atoms with E-state index in [9.17, 15) is 18.0 Å². The van der Waals surface area contributed by atoms with E-state index in [0.29, 0.717) is 18.8 Å². The van der Waals surface area contributed by atoms with E-state index < -0.39 is 11.7 Å². The van der Waals surface area contributed by atoms with Gasteiger partial charge in [0.1, 0.15) is 6.10 Å². The van der Waals surface area contributed by atoms with E-state index in [1.165, 1.54) is 6.08 Å². The quantitative estimate of drug-likeness (QED) is 0.295. The van der Waals surface area contributed by atoms with Crippen LogP contribution in [0.5, 0.6) is 0 Å². The Morgan fingerprint density at radius 3 is 2.19 bits per heavy atom. The molecule has 6 heteroatoms. The fraction of sp³-hybridized carbons (Fsp3) is 0.520. The van der Waals surface area contributed by atoms with Gasteiger partial charge in [-0.1, -0.05) is 30.4 Å². The van der Waals surface area contributed by atoms with Crippen LogP contribution in [0.4, 0.5) is 13.2 Å². The number of rotatable bonds is 5. The average Bonchev–Trinajstić information content (AvgIpc) is 2.77. The Morgan fingerprint density at radius 2 is 1.61 bits per heavy atom. The first-order valence-electron chi connectivity index (χ1n) is 11.0. The molecule has 31 heavy (non-hydrogen) atoms. The maximum absolute atomic E-state index is 12.7. The van der Waals surface area contributed by atoms with Gasteiger partial charge in [0.2, 0.25) is 0 Å². The normalized spacial score (nSPS) is 27.3. The van der Waals surface area contributed by atoms with Crippen molar-refractivity contribution in [1.82, 2.24) is 0 Å². The summed E-state index contributed by atoms with van der Waals surface area (Å²) in [5.41, 5.74) is 0.285. The van der Waals surface area contributed by atoms with Gasteiger partial charge in [-0.15, -0.1) is 0 Å². The van der Waals surface area contributed by atoms with E-state index in [-0.39, 0.29) is 23.9 Å². The lowest BCUT2D eigenvalue weighted by atomic mass is 9.78. The maximum atomic E-state index is 12.7. The first-order valence-corrected chi connectivity index (χ1v) is 11.0. The fourth-order valence-corrected chi connectivity index (χ4v) is 4.59. The highest BCUT2D eigenvalue weighted by atomic mass is 19.4. The molecule has 0 bridgehead atoms. The zero-order valence-corrected chi connectivity index (χ0v) is 17.5. The average molecular weight is 431 g/mol. The van der Waals surface area contributed by atoms with Crippen LogP contribution in [0, 0.1) is 23.2 Å².